The molecule has 0 spiro atoms. The van der Waals surface area contributed by atoms with Crippen molar-refractivity contribution in [2.45, 2.75) is 26.7 Å². The van der Waals surface area contributed by atoms with Crippen LogP contribution >= 0.6 is 0 Å². The molecular formula is C9H13NO2. The summed E-state index contributed by atoms with van der Waals surface area (Å²) in [5.74, 6) is -0.419. The molecule has 1 unspecified atom stereocenters. The first kappa shape index (κ1) is 8.97. The number of hydrogen-bond donors (Lipinski definition) is 1. The molecule has 0 aromatic rings. The molecule has 0 amide bonds. The third-order valence-electron chi connectivity index (χ3n) is 2.09. The van der Waals surface area contributed by atoms with Gasteiger partial charge in [-0.1, -0.05) is 13.8 Å². The topological polar surface area (TPSA) is 49.7 Å². The third kappa shape index (κ3) is 1.40. The van der Waals surface area contributed by atoms with Gasteiger partial charge in [0.2, 0.25) is 0 Å². The Morgan fingerprint density at radius 2 is 2.25 bits per heavy atom. The minimum atomic E-state index is -0.398. The summed E-state index contributed by atoms with van der Waals surface area (Å²) in [5.41, 5.74) is 0.708. The van der Waals surface area contributed by atoms with Crippen LogP contribution in [0.25, 0.3) is 0 Å². The van der Waals surface area contributed by atoms with Crippen molar-refractivity contribution >= 4 is 11.7 Å². The maximum Gasteiger partial charge on any atom is 0.196 e. The maximum absolute atomic E-state index is 11.5. The van der Waals surface area contributed by atoms with Crippen molar-refractivity contribution < 1.29 is 9.90 Å². The summed E-state index contributed by atoms with van der Waals surface area (Å²) in [5, 5.41) is 9.24. The van der Waals surface area contributed by atoms with E-state index in [1.165, 1.54) is 6.20 Å². The molecule has 66 valence electrons. The van der Waals surface area contributed by atoms with Gasteiger partial charge in [-0.15, -0.1) is 0 Å². The van der Waals surface area contributed by atoms with Crippen molar-refractivity contribution in [2.75, 3.05) is 0 Å². The first-order valence-corrected chi connectivity index (χ1v) is 4.20. The Bertz CT molecular complexity index is 253. The Labute approximate surface area is 71.8 Å². The average molecular weight is 167 g/mol. The van der Waals surface area contributed by atoms with Gasteiger partial charge in [-0.3, -0.25) is 4.79 Å². The van der Waals surface area contributed by atoms with Gasteiger partial charge in [0.15, 0.2) is 11.7 Å². The Hall–Kier alpha value is -1.12. The lowest BCUT2D eigenvalue weighted by molar-refractivity contribution is -0.118. The zero-order valence-corrected chi connectivity index (χ0v) is 7.37. The molecule has 1 N–H and O–H groups in total. The van der Waals surface area contributed by atoms with Crippen molar-refractivity contribution in [3.8, 4) is 0 Å². The number of aliphatic imine (C=N–C) groups is 1. The molecule has 0 aromatic carbocycles. The maximum atomic E-state index is 11.5. The van der Waals surface area contributed by atoms with E-state index >= 15 is 0 Å². The van der Waals surface area contributed by atoms with Crippen molar-refractivity contribution in [1.29, 1.82) is 0 Å². The van der Waals surface area contributed by atoms with Crippen LogP contribution in [-0.4, -0.2) is 16.8 Å². The van der Waals surface area contributed by atoms with E-state index in [1.807, 2.05) is 13.8 Å². The van der Waals surface area contributed by atoms with Crippen molar-refractivity contribution in [3.63, 3.8) is 0 Å². The van der Waals surface area contributed by atoms with Crippen LogP contribution in [0.2, 0.25) is 0 Å². The van der Waals surface area contributed by atoms with Gasteiger partial charge in [0.05, 0.1) is 5.92 Å². The number of carbonyl (C=O) groups excluding carboxylic acids is 1. The highest BCUT2D eigenvalue weighted by molar-refractivity contribution is 6.11. The third-order valence-corrected chi connectivity index (χ3v) is 2.09. The lowest BCUT2D eigenvalue weighted by Gasteiger charge is -2.16. The van der Waals surface area contributed by atoms with Crippen LogP contribution in [-0.2, 0) is 4.79 Å². The van der Waals surface area contributed by atoms with E-state index in [4.69, 9.17) is 0 Å². The highest BCUT2D eigenvalue weighted by Crippen LogP contribution is 2.19. The molecule has 1 rings (SSSR count). The summed E-state index contributed by atoms with van der Waals surface area (Å²) in [7, 11) is 0. The first-order valence-electron chi connectivity index (χ1n) is 4.20. The zero-order valence-electron chi connectivity index (χ0n) is 7.37. The summed E-state index contributed by atoms with van der Waals surface area (Å²) < 4.78 is 0. The number of aliphatic hydroxyl groups excluding tert-OH is 1. The van der Waals surface area contributed by atoms with Gasteiger partial charge in [-0.05, 0) is 12.8 Å². The largest absolute Gasteiger partial charge is 0.496 e. The Kier molecular flexibility index (Phi) is 2.63. The number of Topliss-reactive ketones (excluding diaryl/α,β-unsaturated/α-hetero) is 1. The predicted octanol–water partition coefficient (Wildman–Crippen LogP) is 1.85. The Morgan fingerprint density at radius 3 is 2.75 bits per heavy atom. The van der Waals surface area contributed by atoms with E-state index in [2.05, 4.69) is 4.99 Å². The van der Waals surface area contributed by atoms with Gasteiger partial charge in [0, 0.05) is 11.8 Å². The molecule has 1 aliphatic heterocycles. The fourth-order valence-corrected chi connectivity index (χ4v) is 1.27. The van der Waals surface area contributed by atoms with Gasteiger partial charge in [0.25, 0.3) is 0 Å². The number of rotatable bonds is 2. The smallest absolute Gasteiger partial charge is 0.196 e. The van der Waals surface area contributed by atoms with Gasteiger partial charge in [-0.25, -0.2) is 4.99 Å². The second kappa shape index (κ2) is 3.52. The molecule has 1 atom stereocenters. The summed E-state index contributed by atoms with van der Waals surface area (Å²) in [6.45, 7) is 3.78. The molecule has 3 heteroatoms. The predicted molar refractivity (Wildman–Crippen MR) is 47.2 cm³/mol. The van der Waals surface area contributed by atoms with E-state index < -0.39 is 5.92 Å². The Morgan fingerprint density at radius 1 is 1.58 bits per heavy atom. The number of allylic oxidation sites excluding steroid dienone is 1. The van der Waals surface area contributed by atoms with E-state index in [0.717, 1.165) is 0 Å². The highest BCUT2D eigenvalue weighted by Gasteiger charge is 2.27. The monoisotopic (exact) mass is 167 g/mol. The van der Waals surface area contributed by atoms with Crippen LogP contribution in [0.1, 0.15) is 26.7 Å². The minimum absolute atomic E-state index is 0.0208. The molecule has 0 aromatic heterocycles. The fraction of sp³-hybridized carbons (Fsp3) is 0.556. The number of carbonyl (C=O) groups is 1. The van der Waals surface area contributed by atoms with E-state index in [-0.39, 0.29) is 11.7 Å². The number of nitrogens with zero attached hydrogens (tertiary/aromatic N) is 1. The summed E-state index contributed by atoms with van der Waals surface area (Å²) in [6.07, 6.45) is 2.77. The van der Waals surface area contributed by atoms with Gasteiger partial charge in [0.1, 0.15) is 0 Å². The van der Waals surface area contributed by atoms with Crippen LogP contribution in [0.4, 0.5) is 0 Å². The molecule has 12 heavy (non-hydrogen) atoms. The van der Waals surface area contributed by atoms with E-state index in [1.54, 1.807) is 0 Å². The number of aliphatic hydroxyl groups is 1. The zero-order chi connectivity index (χ0) is 9.14. The molecule has 3 nitrogen and oxygen atoms in total. The lowest BCUT2D eigenvalue weighted by atomic mass is 9.92. The fourth-order valence-electron chi connectivity index (χ4n) is 1.27. The van der Waals surface area contributed by atoms with Crippen LogP contribution in [0.3, 0.4) is 0 Å². The minimum Gasteiger partial charge on any atom is -0.496 e. The summed E-state index contributed by atoms with van der Waals surface area (Å²) in [6, 6.07) is 0. The first-order chi connectivity index (χ1) is 5.70. The van der Waals surface area contributed by atoms with Gasteiger partial charge >= 0.3 is 0 Å². The number of hydrogen-bond acceptors (Lipinski definition) is 2. The molecular weight excluding hydrogens is 154 g/mol. The average Bonchev–Trinajstić information content (AvgIpc) is 2.06. The van der Waals surface area contributed by atoms with Crippen LogP contribution in [0.5, 0.6) is 0 Å². The quantitative estimate of drug-likeness (QED) is 0.682. The van der Waals surface area contributed by atoms with Crippen molar-refractivity contribution in [2.24, 2.45) is 10.9 Å². The molecule has 0 saturated carbocycles. The van der Waals surface area contributed by atoms with Crippen LogP contribution in [0.15, 0.2) is 16.8 Å². The summed E-state index contributed by atoms with van der Waals surface area (Å²) in [4.78, 5) is 15.3. The Balaban J connectivity index is 2.92. The van der Waals surface area contributed by atoms with Crippen molar-refractivity contribution in [3.05, 3.63) is 11.8 Å². The second-order valence-corrected chi connectivity index (χ2v) is 2.82. The molecule has 0 fully saturated rings. The van der Waals surface area contributed by atoms with E-state index in [0.29, 0.717) is 18.4 Å². The molecule has 1 aliphatic rings. The lowest BCUT2D eigenvalue weighted by Crippen LogP contribution is -2.27. The number of ketones is 1. The van der Waals surface area contributed by atoms with E-state index in [9.17, 15) is 9.90 Å². The van der Waals surface area contributed by atoms with Crippen molar-refractivity contribution in [1.82, 2.24) is 0 Å². The van der Waals surface area contributed by atoms with Gasteiger partial charge < -0.3 is 5.11 Å². The molecule has 0 aliphatic carbocycles. The molecule has 1 heterocycles. The highest BCUT2D eigenvalue weighted by atomic mass is 16.3. The molecule has 0 saturated heterocycles. The molecule has 0 bridgehead atoms. The van der Waals surface area contributed by atoms with Gasteiger partial charge in [-0.2, -0.15) is 0 Å². The SMILES string of the molecule is CCC1=CN=C(O)C(CC)C1=O. The normalized spacial score (nSPS) is 23.5. The second-order valence-electron chi connectivity index (χ2n) is 2.82. The van der Waals surface area contributed by atoms with Crippen LogP contribution in [0, 0.1) is 5.92 Å². The summed E-state index contributed by atoms with van der Waals surface area (Å²) >= 11 is 0. The van der Waals surface area contributed by atoms with Crippen LogP contribution < -0.4 is 0 Å². The molecule has 0 radical (unpaired) electrons. The standard InChI is InChI=1S/C9H13NO2/c1-3-6-5-10-9(12)7(4-2)8(6)11/h5,7H,3-4H2,1-2H3,(H,10,12).